The summed E-state index contributed by atoms with van der Waals surface area (Å²) < 4.78 is 5.88. The second-order valence-electron chi connectivity index (χ2n) is 5.45. The van der Waals surface area contributed by atoms with Crippen LogP contribution in [-0.4, -0.2) is 25.5 Å². The van der Waals surface area contributed by atoms with E-state index >= 15 is 0 Å². The molecule has 118 valence electrons. The minimum atomic E-state index is -0.533. The molecule has 0 aromatic heterocycles. The number of para-hydroxylation sites is 1. The Kier molecular flexibility index (Phi) is 5.98. The summed E-state index contributed by atoms with van der Waals surface area (Å²) in [6, 6.07) is 16.9. The van der Waals surface area contributed by atoms with Gasteiger partial charge < -0.3 is 10.1 Å². The number of carbonyl (C=O) groups excluding carboxylic acids is 2. The van der Waals surface area contributed by atoms with Crippen LogP contribution in [0.25, 0.3) is 0 Å². The van der Waals surface area contributed by atoms with E-state index in [9.17, 15) is 9.59 Å². The van der Waals surface area contributed by atoms with Gasteiger partial charge in [-0.1, -0.05) is 48.5 Å². The third kappa shape index (κ3) is 5.29. The lowest BCUT2D eigenvalue weighted by Gasteiger charge is -2.17. The molecule has 0 saturated carbocycles. The molecule has 1 atom stereocenters. The number of ether oxygens (including phenoxy) is 1. The van der Waals surface area contributed by atoms with Crippen LogP contribution < -0.4 is 10.1 Å². The topological polar surface area (TPSA) is 55.4 Å². The van der Waals surface area contributed by atoms with Crippen molar-refractivity contribution in [1.29, 1.82) is 0 Å². The number of benzene rings is 2. The third-order valence-corrected chi connectivity index (χ3v) is 3.50. The number of amides is 1. The van der Waals surface area contributed by atoms with Gasteiger partial charge in [-0.15, -0.1) is 0 Å². The standard InChI is InChI=1S/C18H20BNO3/c1-13(21)16(20-18(19)22)11-15-9-5-6-10-17(15)23-12-14-7-3-2-4-8-14/h2-10,16H,11-12,19H2,1H3,(H,20,22)/t16-/m1/s1. The first-order valence-electron chi connectivity index (χ1n) is 7.58. The summed E-state index contributed by atoms with van der Waals surface area (Å²) in [6.45, 7) is 1.94. The monoisotopic (exact) mass is 309 g/mol. The highest BCUT2D eigenvalue weighted by Gasteiger charge is 2.17. The Hall–Kier alpha value is -2.56. The molecule has 23 heavy (non-hydrogen) atoms. The summed E-state index contributed by atoms with van der Waals surface area (Å²) in [7, 11) is 1.41. The highest BCUT2D eigenvalue weighted by molar-refractivity contribution is 6.57. The molecule has 0 aliphatic heterocycles. The molecule has 2 rings (SSSR count). The zero-order chi connectivity index (χ0) is 16.7. The normalized spacial score (nSPS) is 11.5. The first-order valence-corrected chi connectivity index (χ1v) is 7.58. The minimum Gasteiger partial charge on any atom is -0.489 e. The molecule has 5 heteroatoms. The van der Waals surface area contributed by atoms with Gasteiger partial charge in [-0.2, -0.15) is 0 Å². The van der Waals surface area contributed by atoms with Gasteiger partial charge in [-0.25, -0.2) is 0 Å². The van der Waals surface area contributed by atoms with E-state index in [0.29, 0.717) is 13.0 Å². The predicted molar refractivity (Wildman–Crippen MR) is 92.5 cm³/mol. The van der Waals surface area contributed by atoms with Gasteiger partial charge in [-0.3, -0.25) is 9.59 Å². The molecular formula is C18H20BNO3. The van der Waals surface area contributed by atoms with E-state index in [2.05, 4.69) is 5.32 Å². The molecule has 0 bridgehead atoms. The Morgan fingerprint density at radius 1 is 1.09 bits per heavy atom. The van der Waals surface area contributed by atoms with Gasteiger partial charge in [0.25, 0.3) is 0 Å². The van der Waals surface area contributed by atoms with Gasteiger partial charge in [0.1, 0.15) is 12.4 Å². The second kappa shape index (κ2) is 8.18. The maximum Gasteiger partial charge on any atom is 0.215 e. The zero-order valence-electron chi connectivity index (χ0n) is 13.4. The highest BCUT2D eigenvalue weighted by Crippen LogP contribution is 2.21. The lowest BCUT2D eigenvalue weighted by molar-refractivity contribution is -0.118. The summed E-state index contributed by atoms with van der Waals surface area (Å²) in [5, 5.41) is 2.68. The summed E-state index contributed by atoms with van der Waals surface area (Å²) in [5.41, 5.74) is 1.98. The van der Waals surface area contributed by atoms with Crippen molar-refractivity contribution in [2.45, 2.75) is 26.0 Å². The molecule has 1 amide bonds. The number of ketones is 1. The maximum atomic E-state index is 11.7. The molecule has 0 aliphatic rings. The van der Waals surface area contributed by atoms with Crippen LogP contribution in [0.1, 0.15) is 18.1 Å². The SMILES string of the molecule is BC(=O)N[C@H](Cc1ccccc1OCc1ccccc1)C(C)=O. The lowest BCUT2D eigenvalue weighted by atomic mass is 10.00. The van der Waals surface area contributed by atoms with Crippen molar-refractivity contribution in [1.82, 2.24) is 5.32 Å². The number of carbonyl (C=O) groups is 2. The lowest BCUT2D eigenvalue weighted by Crippen LogP contribution is -2.40. The smallest absolute Gasteiger partial charge is 0.215 e. The van der Waals surface area contributed by atoms with Crippen LogP contribution in [0.15, 0.2) is 54.6 Å². The Labute approximate surface area is 137 Å². The Bertz CT molecular complexity index is 673. The Morgan fingerprint density at radius 3 is 2.39 bits per heavy atom. The van der Waals surface area contributed by atoms with E-state index < -0.39 is 6.04 Å². The minimum absolute atomic E-state index is 0.0712. The van der Waals surface area contributed by atoms with Crippen LogP contribution >= 0.6 is 0 Å². The molecule has 4 nitrogen and oxygen atoms in total. The maximum absolute atomic E-state index is 11.7. The van der Waals surface area contributed by atoms with Gasteiger partial charge in [-0.05, 0) is 24.1 Å². The Balaban J connectivity index is 2.10. The van der Waals surface area contributed by atoms with Crippen molar-refractivity contribution >= 4 is 19.4 Å². The van der Waals surface area contributed by atoms with E-state index in [1.807, 2.05) is 54.6 Å². The predicted octanol–water partition coefficient (Wildman–Crippen LogP) is 2.11. The highest BCUT2D eigenvalue weighted by atomic mass is 16.5. The zero-order valence-corrected chi connectivity index (χ0v) is 13.4. The van der Waals surface area contributed by atoms with Gasteiger partial charge in [0.2, 0.25) is 7.85 Å². The first-order chi connectivity index (χ1) is 11.1. The van der Waals surface area contributed by atoms with Crippen molar-refractivity contribution in [3.05, 3.63) is 65.7 Å². The molecule has 0 saturated heterocycles. The van der Waals surface area contributed by atoms with E-state index in [4.69, 9.17) is 4.74 Å². The van der Waals surface area contributed by atoms with Crippen LogP contribution in [0, 0.1) is 0 Å². The quantitative estimate of drug-likeness (QED) is 0.797. The second-order valence-corrected chi connectivity index (χ2v) is 5.45. The summed E-state index contributed by atoms with van der Waals surface area (Å²) in [5.74, 6) is 0.443. The molecular weight excluding hydrogens is 289 g/mol. The fourth-order valence-electron chi connectivity index (χ4n) is 2.31. The van der Waals surface area contributed by atoms with E-state index in [0.717, 1.165) is 16.9 Å². The molecule has 0 aliphatic carbocycles. The molecule has 0 heterocycles. The summed E-state index contributed by atoms with van der Waals surface area (Å²) in [4.78, 5) is 23.0. The number of hydrogen-bond donors (Lipinski definition) is 1. The molecule has 1 N–H and O–H groups in total. The number of Topliss-reactive ketones (excluding diaryl/α,β-unsaturated/α-hetero) is 1. The fraction of sp³-hybridized carbons (Fsp3) is 0.222. The van der Waals surface area contributed by atoms with Gasteiger partial charge >= 0.3 is 0 Å². The molecule has 0 radical (unpaired) electrons. The van der Waals surface area contributed by atoms with Crippen molar-refractivity contribution in [3.63, 3.8) is 0 Å². The van der Waals surface area contributed by atoms with E-state index in [-0.39, 0.29) is 11.6 Å². The van der Waals surface area contributed by atoms with Crippen LogP contribution in [0.3, 0.4) is 0 Å². The van der Waals surface area contributed by atoms with Crippen molar-refractivity contribution < 1.29 is 14.3 Å². The molecule has 2 aromatic carbocycles. The fourth-order valence-corrected chi connectivity index (χ4v) is 2.31. The first kappa shape index (κ1) is 16.8. The van der Waals surface area contributed by atoms with Crippen LogP contribution in [0.2, 0.25) is 0 Å². The molecule has 0 unspecified atom stereocenters. The van der Waals surface area contributed by atoms with E-state index in [1.54, 1.807) is 0 Å². The van der Waals surface area contributed by atoms with Crippen LogP contribution in [0.4, 0.5) is 4.79 Å². The molecule has 0 spiro atoms. The van der Waals surface area contributed by atoms with E-state index in [1.165, 1.54) is 14.8 Å². The number of hydrogen-bond acceptors (Lipinski definition) is 3. The molecule has 0 fully saturated rings. The van der Waals surface area contributed by atoms with Crippen molar-refractivity contribution in [3.8, 4) is 5.75 Å². The van der Waals surface area contributed by atoms with Crippen LogP contribution in [-0.2, 0) is 17.8 Å². The average molecular weight is 309 g/mol. The van der Waals surface area contributed by atoms with Gasteiger partial charge in [0.05, 0.1) is 6.04 Å². The summed E-state index contributed by atoms with van der Waals surface area (Å²) in [6.07, 6.45) is 0.417. The summed E-state index contributed by atoms with van der Waals surface area (Å²) >= 11 is 0. The molecule has 2 aromatic rings. The van der Waals surface area contributed by atoms with Crippen molar-refractivity contribution in [2.24, 2.45) is 0 Å². The number of nitrogens with one attached hydrogen (secondary N) is 1. The van der Waals surface area contributed by atoms with Crippen molar-refractivity contribution in [2.75, 3.05) is 0 Å². The number of rotatable bonds is 7. The Morgan fingerprint density at radius 2 is 1.74 bits per heavy atom. The van der Waals surface area contributed by atoms with Gasteiger partial charge in [0, 0.05) is 6.42 Å². The average Bonchev–Trinajstić information content (AvgIpc) is 2.54. The van der Waals surface area contributed by atoms with Gasteiger partial charge in [0.15, 0.2) is 11.6 Å². The third-order valence-electron chi connectivity index (χ3n) is 3.50. The van der Waals surface area contributed by atoms with Crippen LogP contribution in [0.5, 0.6) is 5.75 Å². The largest absolute Gasteiger partial charge is 0.489 e.